The van der Waals surface area contributed by atoms with E-state index in [1.165, 1.54) is 29.3 Å². The van der Waals surface area contributed by atoms with Gasteiger partial charge >= 0.3 is 5.63 Å². The Bertz CT molecular complexity index is 1160. The topological polar surface area (TPSA) is 65.2 Å². The summed E-state index contributed by atoms with van der Waals surface area (Å²) in [6, 6.07) is 8.60. The highest BCUT2D eigenvalue weighted by atomic mass is 32.1. The van der Waals surface area contributed by atoms with Gasteiger partial charge in [0, 0.05) is 22.4 Å². The number of hydrogen-bond acceptors (Lipinski definition) is 6. The molecule has 25 heavy (non-hydrogen) atoms. The van der Waals surface area contributed by atoms with Gasteiger partial charge < -0.3 is 9.15 Å². The minimum absolute atomic E-state index is 0.374. The van der Waals surface area contributed by atoms with Crippen LogP contribution in [-0.2, 0) is 12.8 Å². The summed E-state index contributed by atoms with van der Waals surface area (Å²) in [6.07, 6.45) is 6.12. The van der Waals surface area contributed by atoms with Gasteiger partial charge in [-0.2, -0.15) is 0 Å². The zero-order valence-corrected chi connectivity index (χ0v) is 14.1. The summed E-state index contributed by atoms with van der Waals surface area (Å²) in [5.41, 5.74) is 1.46. The number of rotatable bonds is 2. The molecular formula is C19H14N2O3S. The molecular weight excluding hydrogens is 336 g/mol. The van der Waals surface area contributed by atoms with Crippen LogP contribution >= 0.6 is 11.3 Å². The van der Waals surface area contributed by atoms with Crippen molar-refractivity contribution in [3.8, 4) is 11.6 Å². The first-order valence-electron chi connectivity index (χ1n) is 8.25. The average Bonchev–Trinajstić information content (AvgIpc) is 3.01. The van der Waals surface area contributed by atoms with Crippen LogP contribution in [0.1, 0.15) is 23.3 Å². The molecule has 124 valence electrons. The molecule has 5 rings (SSSR count). The Morgan fingerprint density at radius 3 is 2.92 bits per heavy atom. The van der Waals surface area contributed by atoms with Gasteiger partial charge in [-0.15, -0.1) is 11.3 Å². The predicted molar refractivity (Wildman–Crippen MR) is 96.6 cm³/mol. The molecule has 5 nitrogen and oxygen atoms in total. The fourth-order valence-electron chi connectivity index (χ4n) is 3.35. The molecule has 0 bridgehead atoms. The third-order valence-corrected chi connectivity index (χ3v) is 5.73. The summed E-state index contributed by atoms with van der Waals surface area (Å²) in [5, 5.41) is 1.88. The quantitative estimate of drug-likeness (QED) is 0.499. The molecule has 1 aromatic carbocycles. The molecule has 0 N–H and O–H groups in total. The normalized spacial score (nSPS) is 13.9. The van der Waals surface area contributed by atoms with Crippen molar-refractivity contribution in [2.75, 3.05) is 0 Å². The maximum Gasteiger partial charge on any atom is 0.336 e. The van der Waals surface area contributed by atoms with Crippen LogP contribution in [0.5, 0.6) is 11.6 Å². The van der Waals surface area contributed by atoms with E-state index < -0.39 is 0 Å². The van der Waals surface area contributed by atoms with Gasteiger partial charge in [-0.25, -0.2) is 14.8 Å². The maximum absolute atomic E-state index is 11.4. The molecule has 4 aromatic rings. The van der Waals surface area contributed by atoms with Crippen LogP contribution in [0.15, 0.2) is 45.9 Å². The maximum atomic E-state index is 11.4. The van der Waals surface area contributed by atoms with Crippen molar-refractivity contribution in [1.29, 1.82) is 0 Å². The molecule has 0 fully saturated rings. The molecule has 3 aromatic heterocycles. The lowest BCUT2D eigenvalue weighted by atomic mass is 9.97. The van der Waals surface area contributed by atoms with Crippen LogP contribution in [0.2, 0.25) is 0 Å². The lowest BCUT2D eigenvalue weighted by Gasteiger charge is -2.12. The highest BCUT2D eigenvalue weighted by molar-refractivity contribution is 7.18. The van der Waals surface area contributed by atoms with Crippen LogP contribution in [0.4, 0.5) is 0 Å². The van der Waals surface area contributed by atoms with Gasteiger partial charge in [0.2, 0.25) is 5.88 Å². The van der Waals surface area contributed by atoms with E-state index in [-0.39, 0.29) is 5.63 Å². The van der Waals surface area contributed by atoms with Crippen LogP contribution in [0.25, 0.3) is 21.2 Å². The van der Waals surface area contributed by atoms with Crippen LogP contribution in [0.3, 0.4) is 0 Å². The summed E-state index contributed by atoms with van der Waals surface area (Å²) in [5.74, 6) is 1.17. The monoisotopic (exact) mass is 350 g/mol. The molecule has 0 atom stereocenters. The molecule has 0 unspecified atom stereocenters. The third-order valence-electron chi connectivity index (χ3n) is 4.53. The Balaban J connectivity index is 1.62. The standard InChI is InChI=1S/C19H14N2O3S/c22-16-8-6-11-5-7-12(9-14(11)24-16)23-18-17-13-3-1-2-4-15(13)25-19(17)21-10-20-18/h5-10H,1-4H2. The summed E-state index contributed by atoms with van der Waals surface area (Å²) in [7, 11) is 0. The van der Waals surface area contributed by atoms with Gasteiger partial charge in [0.25, 0.3) is 0 Å². The fraction of sp³-hybridized carbons (Fsp3) is 0.211. The minimum Gasteiger partial charge on any atom is -0.438 e. The number of benzene rings is 1. The first-order valence-corrected chi connectivity index (χ1v) is 9.06. The number of hydrogen-bond donors (Lipinski definition) is 0. The number of nitrogens with zero attached hydrogens (tertiary/aromatic N) is 2. The SMILES string of the molecule is O=c1ccc2ccc(Oc3ncnc4sc5c(c34)CCCC5)cc2o1. The van der Waals surface area contributed by atoms with E-state index in [2.05, 4.69) is 9.97 Å². The molecule has 6 heteroatoms. The van der Waals surface area contributed by atoms with E-state index in [1.54, 1.807) is 29.8 Å². The van der Waals surface area contributed by atoms with E-state index in [1.807, 2.05) is 12.1 Å². The van der Waals surface area contributed by atoms with Gasteiger partial charge in [0.1, 0.15) is 22.5 Å². The van der Waals surface area contributed by atoms with E-state index >= 15 is 0 Å². The van der Waals surface area contributed by atoms with Gasteiger partial charge in [0.05, 0.1) is 5.39 Å². The number of aromatic nitrogens is 2. The Hall–Kier alpha value is -2.73. The molecule has 1 aliphatic carbocycles. The second kappa shape index (κ2) is 5.67. The van der Waals surface area contributed by atoms with E-state index in [0.29, 0.717) is 17.2 Å². The second-order valence-electron chi connectivity index (χ2n) is 6.13. The number of fused-ring (bicyclic) bond motifs is 4. The molecule has 0 amide bonds. The van der Waals surface area contributed by atoms with Gasteiger partial charge in [-0.3, -0.25) is 0 Å². The van der Waals surface area contributed by atoms with Crippen molar-refractivity contribution in [2.45, 2.75) is 25.7 Å². The van der Waals surface area contributed by atoms with Crippen molar-refractivity contribution in [2.24, 2.45) is 0 Å². The Kier molecular flexibility index (Phi) is 3.31. The smallest absolute Gasteiger partial charge is 0.336 e. The molecule has 0 saturated heterocycles. The van der Waals surface area contributed by atoms with Crippen molar-refractivity contribution in [1.82, 2.24) is 9.97 Å². The number of aryl methyl sites for hydroxylation is 2. The summed E-state index contributed by atoms with van der Waals surface area (Å²) in [6.45, 7) is 0. The first kappa shape index (κ1) is 14.6. The number of ether oxygens (including phenoxy) is 1. The Morgan fingerprint density at radius 1 is 1.08 bits per heavy atom. The highest BCUT2D eigenvalue weighted by Gasteiger charge is 2.21. The summed E-state index contributed by atoms with van der Waals surface area (Å²) >= 11 is 1.74. The molecule has 0 spiro atoms. The zero-order chi connectivity index (χ0) is 16.8. The van der Waals surface area contributed by atoms with Gasteiger partial charge in [-0.05, 0) is 49.4 Å². The lowest BCUT2D eigenvalue weighted by molar-refractivity contribution is 0.466. The fourth-order valence-corrected chi connectivity index (χ4v) is 4.57. The van der Waals surface area contributed by atoms with Crippen molar-refractivity contribution < 1.29 is 9.15 Å². The largest absolute Gasteiger partial charge is 0.438 e. The summed E-state index contributed by atoms with van der Waals surface area (Å²) < 4.78 is 11.3. The molecule has 0 aliphatic heterocycles. The van der Waals surface area contributed by atoms with Gasteiger partial charge in [-0.1, -0.05) is 0 Å². The molecule has 0 saturated carbocycles. The highest BCUT2D eigenvalue weighted by Crippen LogP contribution is 2.40. The van der Waals surface area contributed by atoms with Crippen molar-refractivity contribution in [3.05, 3.63) is 57.5 Å². The molecule has 0 radical (unpaired) electrons. The van der Waals surface area contributed by atoms with Crippen LogP contribution < -0.4 is 10.4 Å². The van der Waals surface area contributed by atoms with E-state index in [9.17, 15) is 4.79 Å². The zero-order valence-electron chi connectivity index (χ0n) is 13.3. The second-order valence-corrected chi connectivity index (χ2v) is 7.21. The van der Waals surface area contributed by atoms with Gasteiger partial charge in [0.15, 0.2) is 0 Å². The first-order chi connectivity index (χ1) is 12.3. The minimum atomic E-state index is -0.374. The number of thiophene rings is 1. The predicted octanol–water partition coefficient (Wildman–Crippen LogP) is 4.47. The molecule has 3 heterocycles. The van der Waals surface area contributed by atoms with Crippen LogP contribution in [-0.4, -0.2) is 9.97 Å². The molecule has 1 aliphatic rings. The Labute approximate surface area is 146 Å². The van der Waals surface area contributed by atoms with E-state index in [0.717, 1.165) is 28.4 Å². The third kappa shape index (κ3) is 2.49. The lowest BCUT2D eigenvalue weighted by Crippen LogP contribution is -1.99. The van der Waals surface area contributed by atoms with Crippen molar-refractivity contribution in [3.63, 3.8) is 0 Å². The Morgan fingerprint density at radius 2 is 1.96 bits per heavy atom. The van der Waals surface area contributed by atoms with Crippen molar-refractivity contribution >= 4 is 32.5 Å². The van der Waals surface area contributed by atoms with E-state index in [4.69, 9.17) is 9.15 Å². The van der Waals surface area contributed by atoms with Crippen LogP contribution in [0, 0.1) is 0 Å². The summed E-state index contributed by atoms with van der Waals surface area (Å²) in [4.78, 5) is 22.6. The average molecular weight is 350 g/mol.